The highest BCUT2D eigenvalue weighted by molar-refractivity contribution is 5.98. The van der Waals surface area contributed by atoms with Gasteiger partial charge in [0.15, 0.2) is 12.4 Å². The van der Waals surface area contributed by atoms with E-state index in [1.807, 2.05) is 55.1 Å². The zero-order valence-corrected chi connectivity index (χ0v) is 41.6. The SMILES string of the molecule is CC/C(=C(\c1ccccc1)c1ccc(OCCN(C)C(=O)CC[C@@H](C)[C@H]2CC[C@H]3[C@@H]4CC[C@@H]5C[C@H](OC(=O)C[n+]6ccc(N(C)C)cc6)CC[C@]5(C)[C@H]4CC[C@]23C)cc1)c1ccccc1.[Cl-]. The first-order valence-electron chi connectivity index (χ1n) is 25.0. The standard InChI is InChI=1S/C58H76N3O4.ClH/c1-8-49(42-15-11-9-12-16-42)56(43-17-13-10-14-18-43)44-20-23-47(24-21-44)64-38-37-60(7)54(62)28-19-41(2)51-26-27-52-50-25-22-45-39-48(29-33-57(45,3)53(50)30-34-58(51,52)4)65-55(63)40-61-35-31-46(32-36-61)59(5)6;/h9-18,20-21,23-24,31-32,35-36,41,45,48,50-53H,8,19,22,25-30,33-34,37-40H2,1-7H3;1H/q+1;/p-1/b56-49-;/t41-,45-,48-,50+,51-,52+,53+,57+,58-;/m1./s1. The number of halogens is 1. The molecule has 0 saturated heterocycles. The topological polar surface area (TPSA) is 63.0 Å². The normalized spacial score (nSPS) is 27.4. The Morgan fingerprint density at radius 1 is 0.758 bits per heavy atom. The summed E-state index contributed by atoms with van der Waals surface area (Å²) in [7, 11) is 5.98. The Balaban J connectivity index is 0.00000648. The molecule has 4 fully saturated rings. The predicted octanol–water partition coefficient (Wildman–Crippen LogP) is 8.94. The van der Waals surface area contributed by atoms with Crippen LogP contribution in [-0.4, -0.2) is 57.2 Å². The van der Waals surface area contributed by atoms with Gasteiger partial charge in [-0.3, -0.25) is 4.79 Å². The van der Waals surface area contributed by atoms with Gasteiger partial charge in [-0.15, -0.1) is 0 Å². The molecule has 0 unspecified atom stereocenters. The number of esters is 1. The van der Waals surface area contributed by atoms with Gasteiger partial charge >= 0.3 is 5.97 Å². The summed E-state index contributed by atoms with van der Waals surface area (Å²) in [6.07, 6.45) is 17.4. The van der Waals surface area contributed by atoms with E-state index < -0.39 is 0 Å². The molecule has 0 radical (unpaired) electrons. The summed E-state index contributed by atoms with van der Waals surface area (Å²) in [6.45, 7) is 11.2. The molecule has 8 heteroatoms. The lowest BCUT2D eigenvalue weighted by atomic mass is 9.44. The van der Waals surface area contributed by atoms with Crippen molar-refractivity contribution in [2.45, 2.75) is 117 Å². The number of hydrogen-bond acceptors (Lipinski definition) is 5. The minimum absolute atomic E-state index is 0. The number of benzene rings is 3. The first-order valence-corrected chi connectivity index (χ1v) is 25.0. The van der Waals surface area contributed by atoms with Gasteiger partial charge in [0.25, 0.3) is 0 Å². The number of carbonyl (C=O) groups is 2. The number of ether oxygens (including phenoxy) is 2. The molecule has 9 atom stereocenters. The minimum Gasteiger partial charge on any atom is -1.00 e. The van der Waals surface area contributed by atoms with Crippen LogP contribution in [0.25, 0.3) is 11.1 Å². The average molecular weight is 915 g/mol. The number of allylic oxidation sites excluding steroid dienone is 1. The lowest BCUT2D eigenvalue weighted by Crippen LogP contribution is -3.00. The van der Waals surface area contributed by atoms with Crippen molar-refractivity contribution in [3.63, 3.8) is 0 Å². The molecule has 3 aromatic carbocycles. The summed E-state index contributed by atoms with van der Waals surface area (Å²) >= 11 is 0. The molecule has 1 amide bonds. The number of fused-ring (bicyclic) bond motifs is 5. The van der Waals surface area contributed by atoms with Crippen LogP contribution in [-0.2, 0) is 20.9 Å². The van der Waals surface area contributed by atoms with Gasteiger partial charge in [-0.1, -0.05) is 100 Å². The van der Waals surface area contributed by atoms with E-state index in [9.17, 15) is 9.59 Å². The molecule has 0 N–H and O–H groups in total. The van der Waals surface area contributed by atoms with Gasteiger partial charge in [-0.05, 0) is 157 Å². The second-order valence-electron chi connectivity index (χ2n) is 21.0. The van der Waals surface area contributed by atoms with Crippen LogP contribution >= 0.6 is 0 Å². The fourth-order valence-corrected chi connectivity index (χ4v) is 13.7. The van der Waals surface area contributed by atoms with Crippen molar-refractivity contribution < 1.29 is 36.0 Å². The second kappa shape index (κ2) is 21.6. The third-order valence-electron chi connectivity index (χ3n) is 17.3. The first kappa shape index (κ1) is 49.3. The monoisotopic (exact) mass is 914 g/mol. The Morgan fingerprint density at radius 2 is 1.39 bits per heavy atom. The molecule has 7 nitrogen and oxygen atoms in total. The zero-order chi connectivity index (χ0) is 45.7. The van der Waals surface area contributed by atoms with Gasteiger partial charge in [0.2, 0.25) is 12.5 Å². The maximum Gasteiger partial charge on any atom is 0.372 e. The number of pyridine rings is 1. The Morgan fingerprint density at radius 3 is 2.06 bits per heavy atom. The first-order chi connectivity index (χ1) is 31.4. The average Bonchev–Trinajstić information content (AvgIpc) is 3.68. The summed E-state index contributed by atoms with van der Waals surface area (Å²) in [5, 5.41) is 0. The van der Waals surface area contributed by atoms with E-state index in [1.165, 1.54) is 72.8 Å². The molecular formula is C58H76ClN3O4. The highest BCUT2D eigenvalue weighted by Crippen LogP contribution is 2.68. The van der Waals surface area contributed by atoms with E-state index in [2.05, 4.69) is 118 Å². The number of nitrogens with zero attached hydrogens (tertiary/aromatic N) is 3. The molecule has 8 rings (SSSR count). The molecule has 354 valence electrons. The van der Waals surface area contributed by atoms with Crippen LogP contribution < -0.4 is 26.6 Å². The van der Waals surface area contributed by atoms with Crippen LogP contribution in [0.4, 0.5) is 5.69 Å². The minimum atomic E-state index is -0.120. The van der Waals surface area contributed by atoms with Gasteiger partial charge < -0.3 is 31.7 Å². The zero-order valence-electron chi connectivity index (χ0n) is 40.9. The molecule has 0 bridgehead atoms. The van der Waals surface area contributed by atoms with Crippen LogP contribution in [0.1, 0.15) is 121 Å². The second-order valence-corrected chi connectivity index (χ2v) is 21.0. The molecule has 0 aliphatic heterocycles. The Labute approximate surface area is 402 Å². The third-order valence-corrected chi connectivity index (χ3v) is 17.3. The summed E-state index contributed by atoms with van der Waals surface area (Å²) in [5.41, 5.74) is 7.99. The van der Waals surface area contributed by atoms with Crippen LogP contribution in [0.15, 0.2) is 109 Å². The van der Waals surface area contributed by atoms with Crippen molar-refractivity contribution in [3.05, 3.63) is 126 Å². The van der Waals surface area contributed by atoms with E-state index in [4.69, 9.17) is 9.47 Å². The van der Waals surface area contributed by atoms with E-state index in [0.29, 0.717) is 48.2 Å². The molecule has 66 heavy (non-hydrogen) atoms. The molecule has 4 aromatic rings. The maximum absolute atomic E-state index is 13.5. The van der Waals surface area contributed by atoms with E-state index in [1.54, 1.807) is 0 Å². The summed E-state index contributed by atoms with van der Waals surface area (Å²) in [4.78, 5) is 30.5. The molecule has 1 heterocycles. The Hall–Kier alpha value is -4.62. The van der Waals surface area contributed by atoms with Gasteiger partial charge in [0.1, 0.15) is 18.5 Å². The molecule has 4 saturated carbocycles. The Kier molecular flexibility index (Phi) is 16.1. The van der Waals surface area contributed by atoms with Crippen molar-refractivity contribution in [3.8, 4) is 5.75 Å². The summed E-state index contributed by atoms with van der Waals surface area (Å²) in [5.74, 6) is 5.09. The van der Waals surface area contributed by atoms with Crippen molar-refractivity contribution in [1.29, 1.82) is 0 Å². The number of carbonyl (C=O) groups excluding carboxylic acids is 2. The van der Waals surface area contributed by atoms with E-state index >= 15 is 0 Å². The van der Waals surface area contributed by atoms with E-state index in [0.717, 1.165) is 54.9 Å². The number of aromatic nitrogens is 1. The van der Waals surface area contributed by atoms with Crippen LogP contribution in [0, 0.1) is 46.3 Å². The number of anilines is 1. The number of amides is 1. The van der Waals surface area contributed by atoms with Crippen molar-refractivity contribution >= 4 is 28.7 Å². The van der Waals surface area contributed by atoms with Gasteiger partial charge in [0, 0.05) is 45.4 Å². The fourth-order valence-electron chi connectivity index (χ4n) is 13.7. The predicted molar refractivity (Wildman–Crippen MR) is 263 cm³/mol. The number of hydrogen-bond donors (Lipinski definition) is 0. The molecule has 0 spiro atoms. The summed E-state index contributed by atoms with van der Waals surface area (Å²) < 4.78 is 14.3. The van der Waals surface area contributed by atoms with Crippen LogP contribution in [0.3, 0.4) is 0 Å². The maximum atomic E-state index is 13.5. The largest absolute Gasteiger partial charge is 1.00 e. The third kappa shape index (κ3) is 10.6. The highest BCUT2D eigenvalue weighted by atomic mass is 35.5. The Bertz CT molecular complexity index is 2250. The van der Waals surface area contributed by atoms with Crippen molar-refractivity contribution in [1.82, 2.24) is 4.90 Å². The fraction of sp³-hybridized carbons (Fsp3) is 0.534. The lowest BCUT2D eigenvalue weighted by molar-refractivity contribution is -0.686. The van der Waals surface area contributed by atoms with Crippen molar-refractivity contribution in [2.75, 3.05) is 39.2 Å². The van der Waals surface area contributed by atoms with Gasteiger partial charge in [0.05, 0.1) is 6.54 Å². The number of likely N-dealkylation sites (N-methyl/N-ethyl adjacent to an activating group) is 1. The highest BCUT2D eigenvalue weighted by Gasteiger charge is 2.60. The van der Waals surface area contributed by atoms with E-state index in [-0.39, 0.29) is 36.9 Å². The van der Waals surface area contributed by atoms with Gasteiger partial charge in [-0.25, -0.2) is 4.79 Å². The number of rotatable bonds is 16. The quantitative estimate of drug-likeness (QED) is 0.0639. The molecule has 1 aromatic heterocycles. The summed E-state index contributed by atoms with van der Waals surface area (Å²) in [6, 6.07) is 33.9. The van der Waals surface area contributed by atoms with Crippen molar-refractivity contribution in [2.24, 2.45) is 46.3 Å². The molecule has 4 aliphatic rings. The molecular weight excluding hydrogens is 838 g/mol. The lowest BCUT2D eigenvalue weighted by Gasteiger charge is -2.61. The smallest absolute Gasteiger partial charge is 0.372 e. The van der Waals surface area contributed by atoms with Crippen LogP contribution in [0.5, 0.6) is 5.75 Å². The molecule has 4 aliphatic carbocycles. The van der Waals surface area contributed by atoms with Gasteiger partial charge in [-0.2, -0.15) is 4.57 Å². The van der Waals surface area contributed by atoms with Crippen LogP contribution in [0.2, 0.25) is 0 Å².